The second-order valence-corrected chi connectivity index (χ2v) is 7.70. The number of aliphatic hydroxyl groups excluding tert-OH is 1. The molecule has 0 spiro atoms. The predicted octanol–water partition coefficient (Wildman–Crippen LogP) is 2.91. The van der Waals surface area contributed by atoms with Gasteiger partial charge in [0.1, 0.15) is 6.23 Å². The SMILES string of the molecule is CC(O)(CC(O)Nc1nc2ccc(C#N)cc2n1C1CCC1)C1CC1. The maximum absolute atomic E-state index is 10.5. The van der Waals surface area contributed by atoms with Gasteiger partial charge in [-0.2, -0.15) is 5.26 Å². The lowest BCUT2D eigenvalue weighted by Gasteiger charge is -2.31. The summed E-state index contributed by atoms with van der Waals surface area (Å²) in [4.78, 5) is 4.62. The van der Waals surface area contributed by atoms with Crippen LogP contribution in [0, 0.1) is 17.2 Å². The fourth-order valence-electron chi connectivity index (χ4n) is 3.74. The predicted molar refractivity (Wildman–Crippen MR) is 94.9 cm³/mol. The molecule has 132 valence electrons. The number of nitriles is 1. The van der Waals surface area contributed by atoms with E-state index in [-0.39, 0.29) is 12.3 Å². The highest BCUT2D eigenvalue weighted by Gasteiger charge is 2.41. The summed E-state index contributed by atoms with van der Waals surface area (Å²) in [7, 11) is 0. The number of aromatic nitrogens is 2. The standard InChI is InChI=1S/C19H24N4O2/c1-19(25,13-6-7-13)10-17(24)22-18-21-15-8-5-12(11-20)9-16(15)23(18)14-3-2-4-14/h5,8-9,13-14,17,24-25H,2-4,6-7,10H2,1H3,(H,21,22). The first kappa shape index (κ1) is 16.4. The van der Waals surface area contributed by atoms with Gasteiger partial charge in [0.25, 0.3) is 0 Å². The highest BCUT2D eigenvalue weighted by Crippen LogP contribution is 2.42. The van der Waals surface area contributed by atoms with Crippen molar-refractivity contribution < 1.29 is 10.2 Å². The number of nitrogens with zero attached hydrogens (tertiary/aromatic N) is 3. The lowest BCUT2D eigenvalue weighted by atomic mass is 9.92. The van der Waals surface area contributed by atoms with Crippen molar-refractivity contribution in [2.75, 3.05) is 5.32 Å². The molecule has 1 aromatic carbocycles. The summed E-state index contributed by atoms with van der Waals surface area (Å²) in [6.45, 7) is 1.80. The summed E-state index contributed by atoms with van der Waals surface area (Å²) in [5, 5.41) is 33.2. The van der Waals surface area contributed by atoms with Gasteiger partial charge in [0.2, 0.25) is 5.95 Å². The summed E-state index contributed by atoms with van der Waals surface area (Å²) in [5.74, 6) is 0.904. The molecule has 2 aromatic rings. The van der Waals surface area contributed by atoms with Crippen molar-refractivity contribution in [3.05, 3.63) is 23.8 Å². The largest absolute Gasteiger partial charge is 0.390 e. The van der Waals surface area contributed by atoms with Crippen LogP contribution in [0.1, 0.15) is 57.1 Å². The van der Waals surface area contributed by atoms with Crippen LogP contribution in [0.2, 0.25) is 0 Å². The maximum Gasteiger partial charge on any atom is 0.206 e. The molecule has 4 rings (SSSR count). The van der Waals surface area contributed by atoms with Crippen molar-refractivity contribution in [2.45, 2.75) is 63.3 Å². The van der Waals surface area contributed by atoms with Crippen molar-refractivity contribution in [1.29, 1.82) is 5.26 Å². The Morgan fingerprint density at radius 2 is 2.16 bits per heavy atom. The van der Waals surface area contributed by atoms with E-state index in [1.807, 2.05) is 12.1 Å². The van der Waals surface area contributed by atoms with Gasteiger partial charge in [0, 0.05) is 12.5 Å². The molecule has 6 heteroatoms. The van der Waals surface area contributed by atoms with Crippen molar-refractivity contribution in [2.24, 2.45) is 5.92 Å². The Kier molecular flexibility index (Phi) is 3.94. The number of fused-ring (bicyclic) bond motifs is 1. The number of nitrogens with one attached hydrogen (secondary N) is 1. The molecule has 2 atom stereocenters. The first-order chi connectivity index (χ1) is 12.0. The van der Waals surface area contributed by atoms with Crippen LogP contribution in [0.5, 0.6) is 0 Å². The van der Waals surface area contributed by atoms with Crippen LogP contribution < -0.4 is 5.32 Å². The number of imidazole rings is 1. The Morgan fingerprint density at radius 1 is 1.40 bits per heavy atom. The number of aliphatic hydroxyl groups is 2. The van der Waals surface area contributed by atoms with Gasteiger partial charge in [-0.05, 0) is 63.1 Å². The molecule has 0 radical (unpaired) electrons. The van der Waals surface area contributed by atoms with Gasteiger partial charge >= 0.3 is 0 Å². The first-order valence-corrected chi connectivity index (χ1v) is 9.07. The molecule has 0 aliphatic heterocycles. The van der Waals surface area contributed by atoms with Crippen LogP contribution in [-0.2, 0) is 0 Å². The quantitative estimate of drug-likeness (QED) is 0.703. The number of rotatable bonds is 6. The average Bonchev–Trinajstić information content (AvgIpc) is 3.31. The van der Waals surface area contributed by atoms with E-state index >= 15 is 0 Å². The van der Waals surface area contributed by atoms with E-state index in [2.05, 4.69) is 20.9 Å². The summed E-state index contributed by atoms with van der Waals surface area (Å²) < 4.78 is 2.11. The number of benzene rings is 1. The van der Waals surface area contributed by atoms with Gasteiger partial charge < -0.3 is 20.1 Å². The fraction of sp³-hybridized carbons (Fsp3) is 0.579. The van der Waals surface area contributed by atoms with E-state index in [0.29, 0.717) is 17.6 Å². The molecule has 0 saturated heterocycles. The topological polar surface area (TPSA) is 94.1 Å². The minimum atomic E-state index is -0.860. The van der Waals surface area contributed by atoms with E-state index in [9.17, 15) is 15.5 Å². The van der Waals surface area contributed by atoms with Crippen molar-refractivity contribution in [1.82, 2.24) is 9.55 Å². The molecule has 0 amide bonds. The van der Waals surface area contributed by atoms with Gasteiger partial charge in [0.15, 0.2) is 0 Å². The molecular weight excluding hydrogens is 316 g/mol. The Labute approximate surface area is 147 Å². The molecule has 0 bridgehead atoms. The average molecular weight is 340 g/mol. The van der Waals surface area contributed by atoms with Crippen LogP contribution in [0.4, 0.5) is 5.95 Å². The van der Waals surface area contributed by atoms with Gasteiger partial charge in [0.05, 0.1) is 28.3 Å². The van der Waals surface area contributed by atoms with Gasteiger partial charge in [-0.1, -0.05) is 0 Å². The molecule has 6 nitrogen and oxygen atoms in total. The molecular formula is C19H24N4O2. The van der Waals surface area contributed by atoms with Crippen LogP contribution in [0.3, 0.4) is 0 Å². The third kappa shape index (κ3) is 3.10. The second kappa shape index (κ2) is 6.01. The fourth-order valence-corrected chi connectivity index (χ4v) is 3.74. The van der Waals surface area contributed by atoms with Gasteiger partial charge in [-0.15, -0.1) is 0 Å². The second-order valence-electron chi connectivity index (χ2n) is 7.70. The molecule has 3 N–H and O–H groups in total. The molecule has 2 aliphatic carbocycles. The van der Waals surface area contributed by atoms with Gasteiger partial charge in [-0.3, -0.25) is 0 Å². The van der Waals surface area contributed by atoms with Crippen LogP contribution in [-0.4, -0.2) is 31.6 Å². The number of hydrogen-bond acceptors (Lipinski definition) is 5. The lowest BCUT2D eigenvalue weighted by Crippen LogP contribution is -2.36. The molecule has 1 aromatic heterocycles. The van der Waals surface area contributed by atoms with Gasteiger partial charge in [-0.25, -0.2) is 4.98 Å². The highest BCUT2D eigenvalue weighted by atomic mass is 16.3. The van der Waals surface area contributed by atoms with Crippen LogP contribution in [0.25, 0.3) is 11.0 Å². The van der Waals surface area contributed by atoms with Crippen molar-refractivity contribution in [3.8, 4) is 6.07 Å². The molecule has 2 saturated carbocycles. The smallest absolute Gasteiger partial charge is 0.206 e. The minimum Gasteiger partial charge on any atom is -0.390 e. The Morgan fingerprint density at radius 3 is 2.76 bits per heavy atom. The first-order valence-electron chi connectivity index (χ1n) is 9.07. The summed E-state index contributed by atoms with van der Waals surface area (Å²) >= 11 is 0. The maximum atomic E-state index is 10.5. The van der Waals surface area contributed by atoms with E-state index < -0.39 is 11.8 Å². The van der Waals surface area contributed by atoms with Crippen LogP contribution in [0.15, 0.2) is 18.2 Å². The van der Waals surface area contributed by atoms with E-state index in [1.54, 1.807) is 13.0 Å². The lowest BCUT2D eigenvalue weighted by molar-refractivity contribution is -0.00657. The Hall–Kier alpha value is -2.10. The van der Waals surface area contributed by atoms with Crippen LogP contribution >= 0.6 is 0 Å². The number of anilines is 1. The zero-order valence-corrected chi connectivity index (χ0v) is 14.4. The van der Waals surface area contributed by atoms with Crippen molar-refractivity contribution in [3.63, 3.8) is 0 Å². The van der Waals surface area contributed by atoms with E-state index in [0.717, 1.165) is 36.7 Å². The Balaban J connectivity index is 1.63. The van der Waals surface area contributed by atoms with Crippen molar-refractivity contribution >= 4 is 17.0 Å². The molecule has 2 aliphatic rings. The monoisotopic (exact) mass is 340 g/mol. The highest BCUT2D eigenvalue weighted by molar-refractivity contribution is 5.80. The Bertz CT molecular complexity index is 828. The third-order valence-corrected chi connectivity index (χ3v) is 5.62. The zero-order chi connectivity index (χ0) is 17.6. The molecule has 1 heterocycles. The van der Waals surface area contributed by atoms with E-state index in [4.69, 9.17) is 0 Å². The van der Waals surface area contributed by atoms with E-state index in [1.165, 1.54) is 6.42 Å². The summed E-state index contributed by atoms with van der Waals surface area (Å²) in [6, 6.07) is 7.99. The number of hydrogen-bond donors (Lipinski definition) is 3. The molecule has 25 heavy (non-hydrogen) atoms. The third-order valence-electron chi connectivity index (χ3n) is 5.62. The molecule has 2 fully saturated rings. The minimum absolute atomic E-state index is 0.273. The molecule has 2 unspecified atom stereocenters. The normalized spacial score (nSPS) is 21.4. The summed E-state index contributed by atoms with van der Waals surface area (Å²) in [6.07, 6.45) is 4.80. The summed E-state index contributed by atoms with van der Waals surface area (Å²) in [5.41, 5.74) is 1.49. The zero-order valence-electron chi connectivity index (χ0n) is 14.4.